The predicted octanol–water partition coefficient (Wildman–Crippen LogP) is 6.07. The van der Waals surface area contributed by atoms with Gasteiger partial charge in [-0.1, -0.05) is 69.2 Å². The maximum absolute atomic E-state index is 13.2. The molecule has 0 spiro atoms. The summed E-state index contributed by atoms with van der Waals surface area (Å²) in [4.78, 5) is 39.0. The molecule has 0 radical (unpaired) electrons. The molecule has 0 saturated carbocycles. The molecule has 0 saturated heterocycles. The van der Waals surface area contributed by atoms with Crippen LogP contribution in [0.2, 0.25) is 0 Å². The van der Waals surface area contributed by atoms with Gasteiger partial charge in [-0.05, 0) is 49.4 Å². The molecule has 1 N–H and O–H groups in total. The number of amides is 1. The summed E-state index contributed by atoms with van der Waals surface area (Å²) >= 11 is 0. The molecule has 0 rings (SSSR count). The van der Waals surface area contributed by atoms with Crippen LogP contribution in [0.1, 0.15) is 101 Å². The van der Waals surface area contributed by atoms with Gasteiger partial charge < -0.3 is 5.32 Å². The van der Waals surface area contributed by atoms with Crippen molar-refractivity contribution in [1.29, 1.82) is 0 Å². The minimum atomic E-state index is -0.506. The Kier molecular flexibility index (Phi) is 13.4. The highest BCUT2D eigenvalue weighted by Crippen LogP contribution is 2.24. The molecule has 0 aromatic rings. The van der Waals surface area contributed by atoms with Gasteiger partial charge in [-0.2, -0.15) is 0 Å². The van der Waals surface area contributed by atoms with E-state index < -0.39 is 6.04 Å². The summed E-state index contributed by atoms with van der Waals surface area (Å²) < 4.78 is 0. The molecule has 0 bridgehead atoms. The van der Waals surface area contributed by atoms with Gasteiger partial charge in [-0.3, -0.25) is 14.4 Å². The summed E-state index contributed by atoms with van der Waals surface area (Å²) in [5.41, 5.74) is 0. The van der Waals surface area contributed by atoms with Crippen LogP contribution in [-0.2, 0) is 14.4 Å². The van der Waals surface area contributed by atoms with Gasteiger partial charge in [0.2, 0.25) is 5.91 Å². The van der Waals surface area contributed by atoms with Crippen molar-refractivity contribution in [2.45, 2.75) is 107 Å². The first kappa shape index (κ1) is 28.8. The van der Waals surface area contributed by atoms with Crippen LogP contribution in [-0.4, -0.2) is 23.5 Å². The number of carbonyl (C=O) groups is 3. The van der Waals surface area contributed by atoms with Crippen LogP contribution in [0.4, 0.5) is 0 Å². The molecule has 0 aliphatic rings. The molecule has 1 amide bonds. The Morgan fingerprint density at radius 1 is 0.600 bits per heavy atom. The number of nitrogens with one attached hydrogen (secondary N) is 1. The van der Waals surface area contributed by atoms with Crippen LogP contribution in [0.15, 0.2) is 0 Å². The number of hydrogen-bond donors (Lipinski definition) is 1. The van der Waals surface area contributed by atoms with E-state index in [-0.39, 0.29) is 47.6 Å². The lowest BCUT2D eigenvalue weighted by atomic mass is 9.82. The fourth-order valence-electron chi connectivity index (χ4n) is 4.21. The van der Waals surface area contributed by atoms with E-state index in [0.29, 0.717) is 30.6 Å². The second kappa shape index (κ2) is 14.0. The second-order valence-electron chi connectivity index (χ2n) is 11.2. The molecule has 0 aliphatic carbocycles. The fraction of sp³-hybridized carbons (Fsp3) is 0.885. The molecule has 0 heterocycles. The van der Waals surface area contributed by atoms with Gasteiger partial charge in [0.15, 0.2) is 5.78 Å². The van der Waals surface area contributed by atoms with Gasteiger partial charge in [0.05, 0.1) is 6.04 Å². The Morgan fingerprint density at radius 3 is 1.37 bits per heavy atom. The number of hydrogen-bond acceptors (Lipinski definition) is 3. The maximum atomic E-state index is 13.2. The van der Waals surface area contributed by atoms with Crippen molar-refractivity contribution in [3.05, 3.63) is 0 Å². The highest BCUT2D eigenvalue weighted by atomic mass is 16.2. The Hall–Kier alpha value is -1.19. The van der Waals surface area contributed by atoms with E-state index >= 15 is 0 Å². The SMILES string of the molecule is CC(C)CC(CC(C)C)C(=O)N[C@@H](CC(C)C)C(=O)C[C@@H](CC(C)C)C(=O)C(C)C. The van der Waals surface area contributed by atoms with Crippen LogP contribution in [0, 0.1) is 41.4 Å². The van der Waals surface area contributed by atoms with Crippen molar-refractivity contribution >= 4 is 17.5 Å². The number of carbonyl (C=O) groups excluding carboxylic acids is 3. The quantitative estimate of drug-likeness (QED) is 0.347. The molecular weight excluding hydrogens is 374 g/mol. The largest absolute Gasteiger partial charge is 0.346 e. The molecule has 0 aromatic carbocycles. The summed E-state index contributed by atoms with van der Waals surface area (Å²) in [5.74, 6) is 1.24. The van der Waals surface area contributed by atoms with Crippen LogP contribution in [0.25, 0.3) is 0 Å². The maximum Gasteiger partial charge on any atom is 0.223 e. The van der Waals surface area contributed by atoms with Gasteiger partial charge in [-0.25, -0.2) is 0 Å². The fourth-order valence-corrected chi connectivity index (χ4v) is 4.21. The molecule has 0 unspecified atom stereocenters. The number of rotatable bonds is 15. The number of Topliss-reactive ketones (excluding diaryl/α,β-unsaturated/α-hetero) is 2. The van der Waals surface area contributed by atoms with Gasteiger partial charge in [0, 0.05) is 24.2 Å². The highest BCUT2D eigenvalue weighted by molar-refractivity contribution is 5.93. The highest BCUT2D eigenvalue weighted by Gasteiger charge is 2.31. The third-order valence-electron chi connectivity index (χ3n) is 5.47. The predicted molar refractivity (Wildman–Crippen MR) is 126 cm³/mol. The Bertz CT molecular complexity index is 524. The second-order valence-corrected chi connectivity index (χ2v) is 11.2. The van der Waals surface area contributed by atoms with Crippen molar-refractivity contribution in [2.24, 2.45) is 41.4 Å². The van der Waals surface area contributed by atoms with Gasteiger partial charge >= 0.3 is 0 Å². The molecule has 0 aromatic heterocycles. The summed E-state index contributed by atoms with van der Waals surface area (Å²) in [6, 6.07) is -0.506. The van der Waals surface area contributed by atoms with Gasteiger partial charge in [-0.15, -0.1) is 0 Å². The molecular formula is C26H49NO3. The third-order valence-corrected chi connectivity index (χ3v) is 5.47. The van der Waals surface area contributed by atoms with Crippen molar-refractivity contribution in [3.8, 4) is 0 Å². The topological polar surface area (TPSA) is 63.2 Å². The minimum absolute atomic E-state index is 0.00421. The van der Waals surface area contributed by atoms with E-state index in [1.807, 2.05) is 13.8 Å². The molecule has 176 valence electrons. The zero-order valence-electron chi connectivity index (χ0n) is 21.4. The Labute approximate surface area is 186 Å². The standard InChI is InChI=1S/C26H49NO3/c1-16(2)11-21(25(29)20(9)10)15-24(28)23(14-19(7)8)27-26(30)22(12-17(3)4)13-18(5)6/h16-23H,11-15H2,1-10H3,(H,27,30)/t21-,23+/m1/s1. The van der Waals surface area contributed by atoms with Crippen molar-refractivity contribution in [2.75, 3.05) is 0 Å². The first-order valence-corrected chi connectivity index (χ1v) is 12.1. The third kappa shape index (κ3) is 11.9. The Morgan fingerprint density at radius 2 is 1.00 bits per heavy atom. The van der Waals surface area contributed by atoms with Crippen LogP contribution < -0.4 is 5.32 Å². The van der Waals surface area contributed by atoms with E-state index in [1.54, 1.807) is 0 Å². The van der Waals surface area contributed by atoms with E-state index in [2.05, 4.69) is 60.7 Å². The summed E-state index contributed by atoms with van der Waals surface area (Å²) in [6.07, 6.45) is 3.22. The average Bonchev–Trinajstić information content (AvgIpc) is 2.57. The van der Waals surface area contributed by atoms with Crippen LogP contribution >= 0.6 is 0 Å². The lowest BCUT2D eigenvalue weighted by Crippen LogP contribution is -2.45. The van der Waals surface area contributed by atoms with E-state index in [4.69, 9.17) is 0 Å². The lowest BCUT2D eigenvalue weighted by Gasteiger charge is -2.27. The van der Waals surface area contributed by atoms with Gasteiger partial charge in [0.25, 0.3) is 0 Å². The molecule has 0 fully saturated rings. The van der Waals surface area contributed by atoms with Crippen molar-refractivity contribution in [3.63, 3.8) is 0 Å². The molecule has 2 atom stereocenters. The zero-order valence-corrected chi connectivity index (χ0v) is 21.4. The van der Waals surface area contributed by atoms with Crippen molar-refractivity contribution in [1.82, 2.24) is 5.32 Å². The molecule has 4 heteroatoms. The van der Waals surface area contributed by atoms with E-state index in [1.165, 1.54) is 0 Å². The van der Waals surface area contributed by atoms with Crippen LogP contribution in [0.3, 0.4) is 0 Å². The Balaban J connectivity index is 5.45. The first-order chi connectivity index (χ1) is 13.7. The summed E-state index contributed by atoms with van der Waals surface area (Å²) in [6.45, 7) is 20.6. The molecule has 4 nitrogen and oxygen atoms in total. The number of ketones is 2. The summed E-state index contributed by atoms with van der Waals surface area (Å²) in [5, 5.41) is 3.09. The monoisotopic (exact) mass is 423 g/mol. The van der Waals surface area contributed by atoms with Gasteiger partial charge in [0.1, 0.15) is 5.78 Å². The van der Waals surface area contributed by atoms with Crippen LogP contribution in [0.5, 0.6) is 0 Å². The smallest absolute Gasteiger partial charge is 0.223 e. The van der Waals surface area contributed by atoms with E-state index in [9.17, 15) is 14.4 Å². The minimum Gasteiger partial charge on any atom is -0.346 e. The zero-order chi connectivity index (χ0) is 23.6. The van der Waals surface area contributed by atoms with E-state index in [0.717, 1.165) is 12.8 Å². The molecule has 0 aliphatic heterocycles. The molecule has 30 heavy (non-hydrogen) atoms. The van der Waals surface area contributed by atoms with Crippen molar-refractivity contribution < 1.29 is 14.4 Å². The first-order valence-electron chi connectivity index (χ1n) is 12.1. The normalized spacial score (nSPS) is 14.3. The average molecular weight is 424 g/mol. The lowest BCUT2D eigenvalue weighted by molar-refractivity contribution is -0.134. The summed E-state index contributed by atoms with van der Waals surface area (Å²) in [7, 11) is 0.